The van der Waals surface area contributed by atoms with Gasteiger partial charge in [0.05, 0.1) is 28.3 Å². The van der Waals surface area contributed by atoms with Gasteiger partial charge in [0, 0.05) is 17.0 Å². The number of anilines is 1. The molecular weight excluding hydrogens is 470 g/mol. The highest BCUT2D eigenvalue weighted by Crippen LogP contribution is 2.73. The summed E-state index contributed by atoms with van der Waals surface area (Å²) < 4.78 is 15.4. The second-order valence-electron chi connectivity index (χ2n) is 11.9. The molecule has 7 rings (SSSR count). The maximum absolute atomic E-state index is 6.59. The molecular formula is C28H33N5O2S. The summed E-state index contributed by atoms with van der Waals surface area (Å²) in [7, 11) is 0. The Kier molecular flexibility index (Phi) is 4.63. The zero-order valence-corrected chi connectivity index (χ0v) is 22.3. The molecule has 4 heterocycles. The number of benzene rings is 1. The minimum Gasteiger partial charge on any atom is -0.383 e. The Hall–Kier alpha value is -2.42. The van der Waals surface area contributed by atoms with Crippen LogP contribution in [0.2, 0.25) is 0 Å². The van der Waals surface area contributed by atoms with Gasteiger partial charge in [-0.1, -0.05) is 12.1 Å². The number of hydrogen-bond donors (Lipinski definition) is 1. The molecule has 3 fully saturated rings. The lowest BCUT2D eigenvalue weighted by Crippen LogP contribution is -2.32. The van der Waals surface area contributed by atoms with Gasteiger partial charge in [0.1, 0.15) is 23.9 Å². The second-order valence-corrected chi connectivity index (χ2v) is 12.7. The van der Waals surface area contributed by atoms with Crippen molar-refractivity contribution in [3.63, 3.8) is 0 Å². The van der Waals surface area contributed by atoms with Crippen molar-refractivity contribution in [2.24, 2.45) is 16.3 Å². The van der Waals surface area contributed by atoms with E-state index in [1.54, 1.807) is 18.1 Å². The number of fused-ring (bicyclic) bond motifs is 5. The van der Waals surface area contributed by atoms with Gasteiger partial charge in [-0.2, -0.15) is 0 Å². The SMILES string of the molecule is CSC1=Nc2cc(CC[C@]34C[C@@H]3[C@@H](n3ccc5c(N)ncnc53)[C@@H]3OC(C)(C)O[C@@H]34)ccc2C1(C)C. The van der Waals surface area contributed by atoms with E-state index in [-0.39, 0.29) is 29.1 Å². The van der Waals surface area contributed by atoms with Crippen molar-refractivity contribution in [3.8, 4) is 0 Å². The number of aliphatic imine (C=N–C) groups is 1. The maximum Gasteiger partial charge on any atom is 0.163 e. The summed E-state index contributed by atoms with van der Waals surface area (Å²) in [5.74, 6) is 0.420. The molecule has 5 atom stereocenters. The molecule has 2 N–H and O–H groups in total. The normalized spacial score (nSPS) is 32.9. The molecule has 0 spiro atoms. The average Bonchev–Trinajstić information content (AvgIpc) is 3.05. The van der Waals surface area contributed by atoms with Gasteiger partial charge in [0.2, 0.25) is 0 Å². The van der Waals surface area contributed by atoms with Crippen LogP contribution in [0.3, 0.4) is 0 Å². The van der Waals surface area contributed by atoms with Crippen LogP contribution < -0.4 is 5.73 Å². The summed E-state index contributed by atoms with van der Waals surface area (Å²) in [6.07, 6.45) is 9.08. The van der Waals surface area contributed by atoms with Gasteiger partial charge in [-0.15, -0.1) is 11.8 Å². The Morgan fingerprint density at radius 2 is 1.97 bits per heavy atom. The summed E-state index contributed by atoms with van der Waals surface area (Å²) >= 11 is 1.75. The Bertz CT molecular complexity index is 1430. The van der Waals surface area contributed by atoms with Crippen LogP contribution in [0.25, 0.3) is 11.0 Å². The smallest absolute Gasteiger partial charge is 0.163 e. The van der Waals surface area contributed by atoms with Crippen LogP contribution in [0.1, 0.15) is 57.7 Å². The van der Waals surface area contributed by atoms with Crippen molar-refractivity contribution in [1.29, 1.82) is 0 Å². The number of ether oxygens (including phenoxy) is 2. The van der Waals surface area contributed by atoms with E-state index >= 15 is 0 Å². The molecule has 0 unspecified atom stereocenters. The van der Waals surface area contributed by atoms with Crippen LogP contribution in [0, 0.1) is 11.3 Å². The zero-order valence-electron chi connectivity index (χ0n) is 21.5. The molecule has 8 heteroatoms. The van der Waals surface area contributed by atoms with Crippen LogP contribution in [-0.2, 0) is 21.3 Å². The van der Waals surface area contributed by atoms with Crippen molar-refractivity contribution < 1.29 is 9.47 Å². The van der Waals surface area contributed by atoms with Crippen molar-refractivity contribution in [2.75, 3.05) is 12.0 Å². The molecule has 7 nitrogen and oxygen atoms in total. The molecule has 2 saturated carbocycles. The van der Waals surface area contributed by atoms with E-state index in [2.05, 4.69) is 59.0 Å². The number of rotatable bonds is 4. The molecule has 188 valence electrons. The molecule has 0 amide bonds. The topological polar surface area (TPSA) is 87.6 Å². The monoisotopic (exact) mass is 503 g/mol. The lowest BCUT2D eigenvalue weighted by Gasteiger charge is -2.24. The summed E-state index contributed by atoms with van der Waals surface area (Å²) in [5, 5.41) is 2.09. The van der Waals surface area contributed by atoms with Gasteiger partial charge in [-0.3, -0.25) is 0 Å². The van der Waals surface area contributed by atoms with E-state index in [0.717, 1.165) is 36.0 Å². The van der Waals surface area contributed by atoms with Crippen molar-refractivity contribution in [3.05, 3.63) is 47.9 Å². The average molecular weight is 504 g/mol. The number of hydrogen-bond acceptors (Lipinski definition) is 7. The van der Waals surface area contributed by atoms with Crippen LogP contribution in [0.4, 0.5) is 11.5 Å². The largest absolute Gasteiger partial charge is 0.383 e. The van der Waals surface area contributed by atoms with Gasteiger partial charge in [0.25, 0.3) is 0 Å². The van der Waals surface area contributed by atoms with E-state index in [1.807, 2.05) is 19.9 Å². The van der Waals surface area contributed by atoms with Crippen LogP contribution in [0.15, 0.2) is 41.8 Å². The van der Waals surface area contributed by atoms with Gasteiger partial charge >= 0.3 is 0 Å². The third kappa shape index (κ3) is 3.04. The first kappa shape index (κ1) is 22.8. The van der Waals surface area contributed by atoms with Crippen molar-refractivity contribution in [1.82, 2.24) is 14.5 Å². The number of aromatic nitrogens is 3. The summed E-state index contributed by atoms with van der Waals surface area (Å²) in [6, 6.07) is 9.09. The highest BCUT2D eigenvalue weighted by atomic mass is 32.2. The molecule has 2 aromatic heterocycles. The second kappa shape index (κ2) is 7.33. The number of thioether (sulfide) groups is 1. The summed E-state index contributed by atoms with van der Waals surface area (Å²) in [4.78, 5) is 13.7. The predicted octanol–water partition coefficient (Wildman–Crippen LogP) is 5.41. The molecule has 1 saturated heterocycles. The predicted molar refractivity (Wildman–Crippen MR) is 144 cm³/mol. The van der Waals surface area contributed by atoms with E-state index in [9.17, 15) is 0 Å². The molecule has 36 heavy (non-hydrogen) atoms. The number of nitrogens with two attached hydrogens (primary N) is 1. The number of nitrogen functional groups attached to an aromatic ring is 1. The van der Waals surface area contributed by atoms with Crippen LogP contribution in [0.5, 0.6) is 0 Å². The highest BCUT2D eigenvalue weighted by molar-refractivity contribution is 8.13. The fourth-order valence-electron chi connectivity index (χ4n) is 7.26. The fraction of sp³-hybridized carbons (Fsp3) is 0.536. The van der Waals surface area contributed by atoms with Crippen molar-refractivity contribution >= 4 is 39.3 Å². The Morgan fingerprint density at radius 3 is 2.78 bits per heavy atom. The van der Waals surface area contributed by atoms with E-state index < -0.39 is 5.79 Å². The molecule has 1 aromatic carbocycles. The maximum atomic E-state index is 6.59. The molecule has 0 bridgehead atoms. The summed E-state index contributed by atoms with van der Waals surface area (Å²) in [6.45, 7) is 8.60. The van der Waals surface area contributed by atoms with Crippen LogP contribution in [-0.4, -0.2) is 43.8 Å². The zero-order chi connectivity index (χ0) is 25.0. The molecule has 4 aliphatic rings. The van der Waals surface area contributed by atoms with Gasteiger partial charge in [0.15, 0.2) is 5.79 Å². The molecule has 2 aliphatic carbocycles. The van der Waals surface area contributed by atoms with Gasteiger partial charge in [-0.05, 0) is 82.4 Å². The Labute approximate surface area is 215 Å². The van der Waals surface area contributed by atoms with Crippen molar-refractivity contribution in [2.45, 2.75) is 76.4 Å². The molecule has 2 aliphatic heterocycles. The standard InChI is InChI=1S/C28H33N5O2S/c1-26(2)17-7-6-15(12-19(17)32-25(26)36-5)8-10-28-13-18(28)20(21-22(28)35-27(3,4)34-21)33-11-9-16-23(29)30-14-31-24(16)33/h6-7,9,11-12,14,18,20-22H,8,10,13H2,1-5H3,(H2,29,30,31)/t18-,20-,21+,22+,28+/m1/s1. The quantitative estimate of drug-likeness (QED) is 0.512. The lowest BCUT2D eigenvalue weighted by atomic mass is 9.85. The Balaban J connectivity index is 1.19. The van der Waals surface area contributed by atoms with Gasteiger partial charge in [-0.25, -0.2) is 15.0 Å². The first-order valence-electron chi connectivity index (χ1n) is 12.8. The third-order valence-electron chi connectivity index (χ3n) is 9.05. The van der Waals surface area contributed by atoms with E-state index in [4.69, 9.17) is 20.2 Å². The fourth-order valence-corrected chi connectivity index (χ4v) is 8.07. The minimum atomic E-state index is -0.590. The van der Waals surface area contributed by atoms with E-state index in [0.29, 0.717) is 11.7 Å². The minimum absolute atomic E-state index is 0.0000896. The number of nitrogens with zero attached hydrogens (tertiary/aromatic N) is 4. The third-order valence-corrected chi connectivity index (χ3v) is 10.0. The first-order valence-corrected chi connectivity index (χ1v) is 14.1. The summed E-state index contributed by atoms with van der Waals surface area (Å²) in [5.41, 5.74) is 10.9. The molecule has 0 radical (unpaired) electrons. The highest BCUT2D eigenvalue weighted by Gasteiger charge is 2.75. The van der Waals surface area contributed by atoms with Crippen LogP contribution >= 0.6 is 11.8 Å². The Morgan fingerprint density at radius 1 is 1.14 bits per heavy atom. The first-order chi connectivity index (χ1) is 17.1. The van der Waals surface area contributed by atoms with Gasteiger partial charge < -0.3 is 19.8 Å². The number of aryl methyl sites for hydroxylation is 1. The lowest BCUT2D eigenvalue weighted by molar-refractivity contribution is -0.161. The van der Waals surface area contributed by atoms with E-state index in [1.165, 1.54) is 16.2 Å². The molecule has 3 aromatic rings.